The van der Waals surface area contributed by atoms with Crippen molar-refractivity contribution in [2.24, 2.45) is 5.92 Å². The van der Waals surface area contributed by atoms with E-state index in [-0.39, 0.29) is 31.6 Å². The van der Waals surface area contributed by atoms with Gasteiger partial charge in [0.25, 0.3) is 0 Å². The molecule has 0 atom stereocenters. The molecule has 0 bridgehead atoms. The Bertz CT molecular complexity index is 1050. The summed E-state index contributed by atoms with van der Waals surface area (Å²) >= 11 is 0. The maximum absolute atomic E-state index is 13.9. The van der Waals surface area contributed by atoms with Gasteiger partial charge in [0, 0.05) is 19.0 Å². The molecule has 1 heterocycles. The van der Waals surface area contributed by atoms with Crippen molar-refractivity contribution in [3.63, 3.8) is 0 Å². The summed E-state index contributed by atoms with van der Waals surface area (Å²) in [6, 6.07) is 7.97. The van der Waals surface area contributed by atoms with Crippen molar-refractivity contribution in [3.05, 3.63) is 59.4 Å². The Hall–Kier alpha value is -2.46. The first kappa shape index (κ1) is 22.2. The number of nitrogens with one attached hydrogen (secondary N) is 1. The molecule has 1 aliphatic heterocycles. The Balaban J connectivity index is 1.66. The average Bonchev–Trinajstić information content (AvgIpc) is 2.69. The second-order valence-corrected chi connectivity index (χ2v) is 9.11. The van der Waals surface area contributed by atoms with Crippen LogP contribution in [0.5, 0.6) is 0 Å². The molecule has 2 aromatic carbocycles. The lowest BCUT2D eigenvalue weighted by molar-refractivity contribution is -0.137. The van der Waals surface area contributed by atoms with Crippen molar-refractivity contribution in [1.82, 2.24) is 4.31 Å². The summed E-state index contributed by atoms with van der Waals surface area (Å²) in [7, 11) is -4.12. The fourth-order valence-electron chi connectivity index (χ4n) is 3.30. The second kappa shape index (κ2) is 8.35. The summed E-state index contributed by atoms with van der Waals surface area (Å²) < 4.78 is 79.1. The quantitative estimate of drug-likeness (QED) is 0.719. The molecule has 1 fully saturated rings. The first-order valence-corrected chi connectivity index (χ1v) is 10.7. The number of alkyl halides is 3. The molecule has 162 valence electrons. The van der Waals surface area contributed by atoms with Crippen molar-refractivity contribution < 1.29 is 30.8 Å². The van der Waals surface area contributed by atoms with E-state index < -0.39 is 44.3 Å². The maximum atomic E-state index is 13.9. The van der Waals surface area contributed by atoms with E-state index in [0.29, 0.717) is 11.6 Å². The number of benzene rings is 2. The van der Waals surface area contributed by atoms with Gasteiger partial charge < -0.3 is 5.32 Å². The molecule has 1 N–H and O–H groups in total. The van der Waals surface area contributed by atoms with Gasteiger partial charge in [-0.2, -0.15) is 17.5 Å². The van der Waals surface area contributed by atoms with Crippen LogP contribution in [0.4, 0.5) is 23.2 Å². The minimum atomic E-state index is -4.65. The number of hydrogen-bond acceptors (Lipinski definition) is 3. The Labute approximate surface area is 171 Å². The number of carbonyl (C=O) groups is 1. The summed E-state index contributed by atoms with van der Waals surface area (Å²) in [6.07, 6.45) is -4.29. The molecule has 0 aromatic heterocycles. The summed E-state index contributed by atoms with van der Waals surface area (Å²) in [4.78, 5) is 12.0. The Morgan fingerprint density at radius 1 is 1.10 bits per heavy atom. The van der Waals surface area contributed by atoms with Crippen LogP contribution in [-0.2, 0) is 21.0 Å². The highest BCUT2D eigenvalue weighted by Gasteiger charge is 2.35. The van der Waals surface area contributed by atoms with Gasteiger partial charge in [0.1, 0.15) is 5.82 Å². The van der Waals surface area contributed by atoms with Crippen LogP contribution in [0.3, 0.4) is 0 Å². The Morgan fingerprint density at radius 3 is 2.37 bits per heavy atom. The van der Waals surface area contributed by atoms with Crippen LogP contribution in [-0.4, -0.2) is 31.7 Å². The van der Waals surface area contributed by atoms with Gasteiger partial charge in [-0.25, -0.2) is 12.8 Å². The van der Waals surface area contributed by atoms with E-state index >= 15 is 0 Å². The lowest BCUT2D eigenvalue weighted by Crippen LogP contribution is -2.41. The highest BCUT2D eigenvalue weighted by atomic mass is 32.2. The maximum Gasteiger partial charge on any atom is 0.416 e. The lowest BCUT2D eigenvalue weighted by atomic mass is 9.97. The highest BCUT2D eigenvalue weighted by molar-refractivity contribution is 7.89. The zero-order valence-electron chi connectivity index (χ0n) is 16.0. The van der Waals surface area contributed by atoms with E-state index in [0.717, 1.165) is 22.5 Å². The van der Waals surface area contributed by atoms with Crippen LogP contribution < -0.4 is 5.32 Å². The predicted octanol–water partition coefficient (Wildman–Crippen LogP) is 4.19. The summed E-state index contributed by atoms with van der Waals surface area (Å²) in [5.41, 5.74) is -0.291. The number of halogens is 4. The number of carbonyl (C=O) groups excluding carboxylic acids is 1. The van der Waals surface area contributed by atoms with Crippen molar-refractivity contribution in [1.29, 1.82) is 0 Å². The van der Waals surface area contributed by atoms with Crippen LogP contribution in [0.1, 0.15) is 24.0 Å². The fourth-order valence-corrected chi connectivity index (χ4v) is 4.81. The van der Waals surface area contributed by atoms with Gasteiger partial charge in [0.05, 0.1) is 16.1 Å². The molecule has 5 nitrogen and oxygen atoms in total. The number of sulfonamides is 1. The number of aryl methyl sites for hydroxylation is 1. The van der Waals surface area contributed by atoms with Crippen molar-refractivity contribution >= 4 is 21.6 Å². The molecule has 30 heavy (non-hydrogen) atoms. The molecule has 0 saturated carbocycles. The van der Waals surface area contributed by atoms with Crippen molar-refractivity contribution in [2.75, 3.05) is 18.4 Å². The molecule has 10 heteroatoms. The highest BCUT2D eigenvalue weighted by Crippen LogP contribution is 2.32. The molecule has 0 aliphatic carbocycles. The monoisotopic (exact) mass is 444 g/mol. The predicted molar refractivity (Wildman–Crippen MR) is 103 cm³/mol. The topological polar surface area (TPSA) is 66.5 Å². The van der Waals surface area contributed by atoms with E-state index in [1.807, 2.05) is 0 Å². The zero-order chi connectivity index (χ0) is 22.1. The third-order valence-corrected chi connectivity index (χ3v) is 6.90. The first-order chi connectivity index (χ1) is 14.0. The largest absolute Gasteiger partial charge is 0.416 e. The lowest BCUT2D eigenvalue weighted by Gasteiger charge is -2.30. The van der Waals surface area contributed by atoms with E-state index in [2.05, 4.69) is 5.32 Å². The third kappa shape index (κ3) is 4.81. The van der Waals surface area contributed by atoms with Gasteiger partial charge in [-0.1, -0.05) is 12.1 Å². The van der Waals surface area contributed by atoms with Crippen LogP contribution in [0.25, 0.3) is 0 Å². The molecule has 3 rings (SSSR count). The number of rotatable bonds is 4. The number of piperidine rings is 1. The van der Waals surface area contributed by atoms with Gasteiger partial charge in [-0.05, 0) is 55.7 Å². The molecular weight excluding hydrogens is 424 g/mol. The summed E-state index contributed by atoms with van der Waals surface area (Å²) in [5, 5.41) is 2.51. The second-order valence-electron chi connectivity index (χ2n) is 7.18. The van der Waals surface area contributed by atoms with Gasteiger partial charge in [-0.15, -0.1) is 0 Å². The molecule has 2 aromatic rings. The molecule has 1 amide bonds. The van der Waals surface area contributed by atoms with Crippen molar-refractivity contribution in [3.8, 4) is 0 Å². The smallest absolute Gasteiger partial charge is 0.323 e. The Morgan fingerprint density at radius 2 is 1.77 bits per heavy atom. The molecular formula is C20H20F4N2O3S. The van der Waals surface area contributed by atoms with Crippen LogP contribution in [0.15, 0.2) is 47.4 Å². The molecule has 1 aliphatic rings. The minimum Gasteiger partial charge on any atom is -0.323 e. The molecule has 0 radical (unpaired) electrons. The summed E-state index contributed by atoms with van der Waals surface area (Å²) in [6.45, 7) is 1.68. The normalized spacial score (nSPS) is 16.4. The number of amides is 1. The standard InChI is InChI=1S/C20H20F4N2O3S/c1-13-5-6-18(17(21)11-13)25-19(27)14-7-9-26(10-8-14)30(28,29)16-4-2-3-15(12-16)20(22,23)24/h2-6,11-12,14H,7-10H2,1H3,(H,25,27). The van der Waals surface area contributed by atoms with E-state index in [1.54, 1.807) is 13.0 Å². The number of hydrogen-bond donors (Lipinski definition) is 1. The number of anilines is 1. The van der Waals surface area contributed by atoms with E-state index in [4.69, 9.17) is 0 Å². The minimum absolute atomic E-state index is 0.0208. The van der Waals surface area contributed by atoms with Crippen LogP contribution >= 0.6 is 0 Å². The SMILES string of the molecule is Cc1ccc(NC(=O)C2CCN(S(=O)(=O)c3cccc(C(F)(F)F)c3)CC2)c(F)c1. The number of nitrogens with zero attached hydrogens (tertiary/aromatic N) is 1. The van der Waals surface area contributed by atoms with Gasteiger partial charge in [0.2, 0.25) is 15.9 Å². The van der Waals surface area contributed by atoms with Crippen LogP contribution in [0.2, 0.25) is 0 Å². The van der Waals surface area contributed by atoms with Crippen molar-refractivity contribution in [2.45, 2.75) is 30.8 Å². The fraction of sp³-hybridized carbons (Fsp3) is 0.350. The van der Waals surface area contributed by atoms with Gasteiger partial charge in [-0.3, -0.25) is 4.79 Å². The molecule has 1 saturated heterocycles. The van der Waals surface area contributed by atoms with Crippen LogP contribution in [0, 0.1) is 18.7 Å². The van der Waals surface area contributed by atoms with E-state index in [9.17, 15) is 30.8 Å². The van der Waals surface area contributed by atoms with Gasteiger partial charge >= 0.3 is 6.18 Å². The van der Waals surface area contributed by atoms with Gasteiger partial charge in [0.15, 0.2) is 0 Å². The third-order valence-electron chi connectivity index (χ3n) is 5.01. The average molecular weight is 444 g/mol. The van der Waals surface area contributed by atoms with E-state index in [1.165, 1.54) is 12.1 Å². The zero-order valence-corrected chi connectivity index (χ0v) is 16.9. The first-order valence-electron chi connectivity index (χ1n) is 9.23. The molecule has 0 unspecified atom stereocenters. The Kier molecular flexibility index (Phi) is 6.19. The summed E-state index contributed by atoms with van der Waals surface area (Å²) in [5.74, 6) is -1.51. The molecule has 0 spiro atoms.